The van der Waals surface area contributed by atoms with E-state index in [-0.39, 0.29) is 0 Å². The molecule has 0 aliphatic heterocycles. The van der Waals surface area contributed by atoms with Crippen molar-refractivity contribution in [2.24, 2.45) is 5.41 Å². The van der Waals surface area contributed by atoms with Crippen LogP contribution in [0.4, 0.5) is 0 Å². The number of hydrogen-bond acceptors (Lipinski definition) is 0. The largest absolute Gasteiger partial charge is 0.0667 e. The van der Waals surface area contributed by atoms with E-state index in [1.807, 2.05) is 0 Å². The molecule has 2 rings (SSSR count). The van der Waals surface area contributed by atoms with Crippen LogP contribution in [0, 0.1) is 5.41 Å². The maximum atomic E-state index is 2.36. The molecule has 0 N–H and O–H groups in total. The lowest BCUT2D eigenvalue weighted by atomic mass is 10.0. The van der Waals surface area contributed by atoms with Crippen LogP contribution >= 0.6 is 0 Å². The van der Waals surface area contributed by atoms with Gasteiger partial charge in [0, 0.05) is 5.41 Å². The van der Waals surface area contributed by atoms with Crippen molar-refractivity contribution in [1.82, 2.24) is 0 Å². The van der Waals surface area contributed by atoms with Gasteiger partial charge in [0.2, 0.25) is 0 Å². The van der Waals surface area contributed by atoms with Gasteiger partial charge in [0.05, 0.1) is 0 Å². The second-order valence-electron chi connectivity index (χ2n) is 3.07. The molecule has 0 atom stereocenters. The van der Waals surface area contributed by atoms with Gasteiger partial charge in [0.1, 0.15) is 0 Å². The minimum Gasteiger partial charge on any atom is -0.0667 e. The van der Waals surface area contributed by atoms with Gasteiger partial charge >= 0.3 is 0 Å². The molecule has 10 heavy (non-hydrogen) atoms. The van der Waals surface area contributed by atoms with Crippen LogP contribution in [0.15, 0.2) is 36.0 Å². The standard InChI is InChI=1S/C10H12/c1-2-5-9-8-10(9)6-3-4-7-10/h3-4,6-8H,2,5H2,1H3. The summed E-state index contributed by atoms with van der Waals surface area (Å²) in [5, 5.41) is 0. The predicted molar refractivity (Wildman–Crippen MR) is 43.7 cm³/mol. The molecule has 0 aromatic rings. The Morgan fingerprint density at radius 3 is 2.60 bits per heavy atom. The average Bonchev–Trinajstić information content (AvgIpc) is 2.43. The fraction of sp³-hybridized carbons (Fsp3) is 0.400. The molecule has 0 saturated carbocycles. The summed E-state index contributed by atoms with van der Waals surface area (Å²) < 4.78 is 0. The summed E-state index contributed by atoms with van der Waals surface area (Å²) >= 11 is 0. The van der Waals surface area contributed by atoms with E-state index in [4.69, 9.17) is 0 Å². The number of allylic oxidation sites excluding steroid dienone is 6. The van der Waals surface area contributed by atoms with Crippen molar-refractivity contribution in [2.45, 2.75) is 19.8 Å². The molecular weight excluding hydrogens is 120 g/mol. The van der Waals surface area contributed by atoms with Crippen LogP contribution in [0.5, 0.6) is 0 Å². The molecule has 0 bridgehead atoms. The maximum Gasteiger partial charge on any atom is 0.0462 e. The fourth-order valence-electron chi connectivity index (χ4n) is 1.61. The zero-order valence-corrected chi connectivity index (χ0v) is 6.30. The first-order valence-corrected chi connectivity index (χ1v) is 3.97. The van der Waals surface area contributed by atoms with E-state index in [1.54, 1.807) is 5.57 Å². The van der Waals surface area contributed by atoms with Gasteiger partial charge in [-0.25, -0.2) is 0 Å². The molecule has 0 fully saturated rings. The van der Waals surface area contributed by atoms with Crippen LogP contribution in [0.1, 0.15) is 19.8 Å². The highest BCUT2D eigenvalue weighted by atomic mass is 14.4. The van der Waals surface area contributed by atoms with Gasteiger partial charge in [-0.2, -0.15) is 0 Å². The normalized spacial score (nSPS) is 23.9. The fourth-order valence-corrected chi connectivity index (χ4v) is 1.61. The highest BCUT2D eigenvalue weighted by Gasteiger charge is 2.38. The van der Waals surface area contributed by atoms with E-state index in [0.29, 0.717) is 5.41 Å². The summed E-state index contributed by atoms with van der Waals surface area (Å²) in [6, 6.07) is 0. The molecule has 0 aromatic carbocycles. The summed E-state index contributed by atoms with van der Waals surface area (Å²) in [6.45, 7) is 2.23. The van der Waals surface area contributed by atoms with Crippen LogP contribution in [0.25, 0.3) is 0 Å². The van der Waals surface area contributed by atoms with Crippen molar-refractivity contribution < 1.29 is 0 Å². The summed E-state index contributed by atoms with van der Waals surface area (Å²) in [6.07, 6.45) is 13.7. The van der Waals surface area contributed by atoms with Crippen molar-refractivity contribution in [1.29, 1.82) is 0 Å². The Bertz CT molecular complexity index is 216. The van der Waals surface area contributed by atoms with Gasteiger partial charge in [0.25, 0.3) is 0 Å². The molecule has 0 unspecified atom stereocenters. The molecular formula is C10H12. The smallest absolute Gasteiger partial charge is 0.0462 e. The van der Waals surface area contributed by atoms with Crippen molar-refractivity contribution >= 4 is 0 Å². The van der Waals surface area contributed by atoms with Crippen molar-refractivity contribution in [3.63, 3.8) is 0 Å². The molecule has 0 saturated heterocycles. The van der Waals surface area contributed by atoms with Gasteiger partial charge < -0.3 is 0 Å². The Hall–Kier alpha value is -0.780. The SMILES string of the molecule is CCCC1=CC12C=CC=C2. The van der Waals surface area contributed by atoms with Crippen molar-refractivity contribution in [3.8, 4) is 0 Å². The molecule has 2 aliphatic rings. The van der Waals surface area contributed by atoms with Crippen LogP contribution in [0.3, 0.4) is 0 Å². The van der Waals surface area contributed by atoms with Crippen LogP contribution in [0.2, 0.25) is 0 Å². The minimum atomic E-state index is 0.343. The Kier molecular flexibility index (Phi) is 1.10. The van der Waals surface area contributed by atoms with Crippen molar-refractivity contribution in [2.75, 3.05) is 0 Å². The van der Waals surface area contributed by atoms with E-state index in [2.05, 4.69) is 37.3 Å². The van der Waals surface area contributed by atoms with Gasteiger partial charge in [-0.05, 0) is 6.42 Å². The van der Waals surface area contributed by atoms with E-state index < -0.39 is 0 Å². The highest BCUT2D eigenvalue weighted by molar-refractivity contribution is 5.54. The van der Waals surface area contributed by atoms with E-state index in [9.17, 15) is 0 Å². The van der Waals surface area contributed by atoms with E-state index >= 15 is 0 Å². The maximum absolute atomic E-state index is 2.36. The third kappa shape index (κ3) is 0.683. The van der Waals surface area contributed by atoms with Gasteiger partial charge in [0.15, 0.2) is 0 Å². The monoisotopic (exact) mass is 132 g/mol. The lowest BCUT2D eigenvalue weighted by Gasteiger charge is -2.02. The molecule has 0 radical (unpaired) electrons. The third-order valence-electron chi connectivity index (χ3n) is 2.26. The molecule has 52 valence electrons. The lowest BCUT2D eigenvalue weighted by molar-refractivity contribution is 0.823. The Balaban J connectivity index is 2.03. The topological polar surface area (TPSA) is 0 Å². The summed E-state index contributed by atoms with van der Waals surface area (Å²) in [4.78, 5) is 0. The summed E-state index contributed by atoms with van der Waals surface area (Å²) in [7, 11) is 0. The summed E-state index contributed by atoms with van der Waals surface area (Å²) in [5.41, 5.74) is 1.95. The first-order valence-electron chi connectivity index (χ1n) is 3.97. The first kappa shape index (κ1) is 5.96. The van der Waals surface area contributed by atoms with Gasteiger partial charge in [-0.3, -0.25) is 0 Å². The number of rotatable bonds is 2. The lowest BCUT2D eigenvalue weighted by Crippen LogP contribution is -1.91. The minimum absolute atomic E-state index is 0.343. The molecule has 1 spiro atoms. The van der Waals surface area contributed by atoms with Crippen LogP contribution < -0.4 is 0 Å². The van der Waals surface area contributed by atoms with E-state index in [0.717, 1.165) is 0 Å². The zero-order chi connectivity index (χ0) is 7.03. The second-order valence-corrected chi connectivity index (χ2v) is 3.07. The van der Waals surface area contributed by atoms with E-state index in [1.165, 1.54) is 12.8 Å². The molecule has 0 aromatic heterocycles. The second kappa shape index (κ2) is 1.85. The van der Waals surface area contributed by atoms with Gasteiger partial charge in [-0.1, -0.05) is 49.3 Å². The average molecular weight is 132 g/mol. The highest BCUT2D eigenvalue weighted by Crippen LogP contribution is 2.51. The van der Waals surface area contributed by atoms with Crippen LogP contribution in [-0.4, -0.2) is 0 Å². The van der Waals surface area contributed by atoms with Crippen LogP contribution in [-0.2, 0) is 0 Å². The van der Waals surface area contributed by atoms with Crippen molar-refractivity contribution in [3.05, 3.63) is 36.0 Å². The molecule has 0 amide bonds. The zero-order valence-electron chi connectivity index (χ0n) is 6.30. The molecule has 2 aliphatic carbocycles. The van der Waals surface area contributed by atoms with Gasteiger partial charge in [-0.15, -0.1) is 0 Å². The molecule has 0 heteroatoms. The Morgan fingerprint density at radius 2 is 2.00 bits per heavy atom. The summed E-state index contributed by atoms with van der Waals surface area (Å²) in [5.74, 6) is 0. The first-order chi connectivity index (χ1) is 4.87. The third-order valence-corrected chi connectivity index (χ3v) is 2.26. The number of hydrogen-bond donors (Lipinski definition) is 0. The quantitative estimate of drug-likeness (QED) is 0.507. The Morgan fingerprint density at radius 1 is 1.30 bits per heavy atom. The Labute approximate surface area is 61.9 Å². The predicted octanol–water partition coefficient (Wildman–Crippen LogP) is 2.84. The molecule has 0 nitrogen and oxygen atoms in total. The molecule has 0 heterocycles.